The van der Waals surface area contributed by atoms with Crippen molar-refractivity contribution < 1.29 is 0 Å². The van der Waals surface area contributed by atoms with Crippen LogP contribution in [0.15, 0.2) is 12.4 Å². The Morgan fingerprint density at radius 1 is 1.25 bits per heavy atom. The van der Waals surface area contributed by atoms with Gasteiger partial charge < -0.3 is 0 Å². The summed E-state index contributed by atoms with van der Waals surface area (Å²) in [7, 11) is 7.75. The minimum atomic E-state index is 1.02. The topological polar surface area (TPSA) is 6.48 Å². The molecule has 3 heteroatoms. The fourth-order valence-electron chi connectivity index (χ4n) is 0.621. The van der Waals surface area contributed by atoms with Crippen LogP contribution in [0.3, 0.4) is 0 Å². The van der Waals surface area contributed by atoms with Crippen LogP contribution >= 0.6 is 0 Å². The zero-order chi connectivity index (χ0) is 6.15. The second kappa shape index (κ2) is 1.65. The van der Waals surface area contributed by atoms with Crippen molar-refractivity contribution in [1.29, 1.82) is 0 Å². The van der Waals surface area contributed by atoms with E-state index in [9.17, 15) is 0 Å². The summed E-state index contributed by atoms with van der Waals surface area (Å²) in [5.74, 6) is 0. The SMILES string of the molecule is B=C1N(C)C=CN1C. The first kappa shape index (κ1) is 5.41. The van der Waals surface area contributed by atoms with E-state index < -0.39 is 0 Å². The average Bonchev–Trinajstić information content (AvgIpc) is 1.98. The van der Waals surface area contributed by atoms with Gasteiger partial charge in [-0.3, -0.25) is 0 Å². The standard InChI is InChI=1S/C5H9BN2/c1-7-3-4-8(2)5(7)6/h3-4,6H,1-2H3. The van der Waals surface area contributed by atoms with Gasteiger partial charge in [0.25, 0.3) is 0 Å². The van der Waals surface area contributed by atoms with Crippen molar-refractivity contribution in [3.8, 4) is 0 Å². The third kappa shape index (κ3) is 0.640. The molecule has 1 aliphatic heterocycles. The number of nitrogens with zero attached hydrogens (tertiary/aromatic N) is 2. The third-order valence-electron chi connectivity index (χ3n) is 1.33. The summed E-state index contributed by atoms with van der Waals surface area (Å²) in [5.41, 5.74) is 1.02. The van der Waals surface area contributed by atoms with Crippen molar-refractivity contribution in [2.45, 2.75) is 0 Å². The summed E-state index contributed by atoms with van der Waals surface area (Å²) < 4.78 is 0. The van der Waals surface area contributed by atoms with Gasteiger partial charge in [-0.25, -0.2) is 0 Å². The number of rotatable bonds is 0. The average molecular weight is 108 g/mol. The van der Waals surface area contributed by atoms with E-state index in [-0.39, 0.29) is 0 Å². The Hall–Kier alpha value is -0.725. The molecule has 0 saturated heterocycles. The van der Waals surface area contributed by atoms with Gasteiger partial charge in [0, 0.05) is 0 Å². The molecule has 0 spiro atoms. The van der Waals surface area contributed by atoms with Crippen LogP contribution in [-0.4, -0.2) is 37.1 Å². The van der Waals surface area contributed by atoms with E-state index in [4.69, 9.17) is 0 Å². The molecule has 1 rings (SSSR count). The predicted molar refractivity (Wildman–Crippen MR) is 36.8 cm³/mol. The van der Waals surface area contributed by atoms with Gasteiger partial charge in [-0.05, 0) is 0 Å². The van der Waals surface area contributed by atoms with Crippen molar-refractivity contribution >= 4 is 13.2 Å². The molecule has 0 aliphatic carbocycles. The molecule has 0 saturated carbocycles. The molecule has 0 N–H and O–H groups in total. The summed E-state index contributed by atoms with van der Waals surface area (Å²) in [6, 6.07) is 0. The third-order valence-corrected chi connectivity index (χ3v) is 1.33. The summed E-state index contributed by atoms with van der Waals surface area (Å²) >= 11 is 0. The molecule has 1 aliphatic rings. The van der Waals surface area contributed by atoms with E-state index in [0.29, 0.717) is 0 Å². The van der Waals surface area contributed by atoms with Crippen molar-refractivity contribution in [1.82, 2.24) is 9.80 Å². The van der Waals surface area contributed by atoms with Crippen molar-refractivity contribution in [3.05, 3.63) is 12.4 Å². The molecule has 0 aromatic carbocycles. The predicted octanol–water partition coefficient (Wildman–Crippen LogP) is -0.677. The van der Waals surface area contributed by atoms with Crippen LogP contribution in [0.1, 0.15) is 0 Å². The first-order chi connectivity index (χ1) is 3.72. The number of hydrogen-bond donors (Lipinski definition) is 0. The van der Waals surface area contributed by atoms with Gasteiger partial charge >= 0.3 is 49.5 Å². The van der Waals surface area contributed by atoms with Gasteiger partial charge in [0.1, 0.15) is 0 Å². The van der Waals surface area contributed by atoms with Gasteiger partial charge in [-0.1, -0.05) is 0 Å². The molecule has 0 unspecified atom stereocenters. The first-order valence-electron chi connectivity index (χ1n) is 2.54. The molecule has 0 radical (unpaired) electrons. The summed E-state index contributed by atoms with van der Waals surface area (Å²) in [6.07, 6.45) is 3.95. The van der Waals surface area contributed by atoms with Gasteiger partial charge in [-0.2, -0.15) is 0 Å². The Kier molecular flexibility index (Phi) is 1.12. The summed E-state index contributed by atoms with van der Waals surface area (Å²) in [6.45, 7) is 0. The van der Waals surface area contributed by atoms with Crippen LogP contribution in [0.4, 0.5) is 0 Å². The molecular weight excluding hydrogens is 98.9 g/mol. The minimum absolute atomic E-state index is 1.02. The Balaban J connectivity index is 2.70. The Morgan fingerprint density at radius 3 is 1.75 bits per heavy atom. The van der Waals surface area contributed by atoms with E-state index >= 15 is 0 Å². The van der Waals surface area contributed by atoms with Crippen molar-refractivity contribution in [2.75, 3.05) is 14.1 Å². The van der Waals surface area contributed by atoms with E-state index in [2.05, 4.69) is 7.49 Å². The molecule has 8 heavy (non-hydrogen) atoms. The molecule has 2 nitrogen and oxygen atoms in total. The van der Waals surface area contributed by atoms with E-state index in [1.54, 1.807) is 0 Å². The van der Waals surface area contributed by atoms with E-state index in [0.717, 1.165) is 5.71 Å². The monoisotopic (exact) mass is 108 g/mol. The van der Waals surface area contributed by atoms with Crippen LogP contribution < -0.4 is 0 Å². The Morgan fingerprint density at radius 2 is 1.62 bits per heavy atom. The summed E-state index contributed by atoms with van der Waals surface area (Å²) in [5, 5.41) is 0. The zero-order valence-electron chi connectivity index (χ0n) is 5.26. The van der Waals surface area contributed by atoms with Crippen LogP contribution in [0.5, 0.6) is 0 Å². The van der Waals surface area contributed by atoms with Gasteiger partial charge in [0.05, 0.1) is 0 Å². The maximum absolute atomic E-state index is 3.81. The van der Waals surface area contributed by atoms with Crippen LogP contribution in [0, 0.1) is 0 Å². The van der Waals surface area contributed by atoms with Crippen molar-refractivity contribution in [3.63, 3.8) is 0 Å². The van der Waals surface area contributed by atoms with Crippen LogP contribution in [0.2, 0.25) is 0 Å². The van der Waals surface area contributed by atoms with Gasteiger partial charge in [-0.15, -0.1) is 0 Å². The molecular formula is C5H9BN2. The molecule has 42 valence electrons. The molecule has 0 aromatic rings. The zero-order valence-corrected chi connectivity index (χ0v) is 5.26. The normalized spacial score (nSPS) is 18.4. The van der Waals surface area contributed by atoms with Crippen LogP contribution in [-0.2, 0) is 0 Å². The van der Waals surface area contributed by atoms with Gasteiger partial charge in [0.2, 0.25) is 0 Å². The quantitative estimate of drug-likeness (QED) is 0.379. The van der Waals surface area contributed by atoms with Crippen LogP contribution in [0.25, 0.3) is 0 Å². The molecule has 0 fully saturated rings. The van der Waals surface area contributed by atoms with Gasteiger partial charge in [0.15, 0.2) is 0 Å². The fourth-order valence-corrected chi connectivity index (χ4v) is 0.621. The first-order valence-corrected chi connectivity index (χ1v) is 2.54. The molecule has 0 aromatic heterocycles. The fraction of sp³-hybridized carbons (Fsp3) is 0.400. The second-order valence-electron chi connectivity index (χ2n) is 1.94. The summed E-state index contributed by atoms with van der Waals surface area (Å²) in [4.78, 5) is 3.94. The molecule has 0 atom stereocenters. The molecule has 1 heterocycles. The Labute approximate surface area is 50.5 Å². The molecule has 0 bridgehead atoms. The second-order valence-corrected chi connectivity index (χ2v) is 1.94. The van der Waals surface area contributed by atoms with Crippen molar-refractivity contribution in [2.24, 2.45) is 0 Å². The number of hydrogen-bond acceptors (Lipinski definition) is 2. The molecule has 0 amide bonds. The van der Waals surface area contributed by atoms with E-state index in [1.807, 2.05) is 36.3 Å². The van der Waals surface area contributed by atoms with E-state index in [1.165, 1.54) is 0 Å². The maximum atomic E-state index is 3.81. The Bertz CT molecular complexity index is 127.